The first-order chi connectivity index (χ1) is 12.1. The summed E-state index contributed by atoms with van der Waals surface area (Å²) in [6.45, 7) is 0.613. The van der Waals surface area contributed by atoms with Crippen molar-refractivity contribution in [1.29, 1.82) is 0 Å². The number of aromatic nitrogens is 3. The first-order valence-electron chi connectivity index (χ1n) is 7.93. The third-order valence-corrected chi connectivity index (χ3v) is 3.56. The standard InChI is InChI=1S/C18H19N5O2/c1-23(2)18(24)14-8-9-15(20-12-14)19-11-10-16-21-17(25-22-16)13-6-4-3-5-7-13/h3-9,12H,10-11H2,1-2H3,(H,19,20). The third kappa shape index (κ3) is 4.20. The molecule has 0 radical (unpaired) electrons. The Kier molecular flexibility index (Phi) is 5.03. The van der Waals surface area contributed by atoms with Gasteiger partial charge in [0.05, 0.1) is 5.56 Å². The highest BCUT2D eigenvalue weighted by atomic mass is 16.5. The summed E-state index contributed by atoms with van der Waals surface area (Å²) in [5, 5.41) is 7.16. The molecule has 0 saturated carbocycles. The lowest BCUT2D eigenvalue weighted by Gasteiger charge is -2.10. The zero-order chi connectivity index (χ0) is 17.6. The Labute approximate surface area is 145 Å². The first kappa shape index (κ1) is 16.6. The number of nitrogens with zero attached hydrogens (tertiary/aromatic N) is 4. The van der Waals surface area contributed by atoms with Gasteiger partial charge < -0.3 is 14.7 Å². The van der Waals surface area contributed by atoms with Gasteiger partial charge in [-0.3, -0.25) is 4.79 Å². The van der Waals surface area contributed by atoms with Crippen LogP contribution >= 0.6 is 0 Å². The summed E-state index contributed by atoms with van der Waals surface area (Å²) in [6, 6.07) is 13.2. The van der Waals surface area contributed by atoms with Crippen LogP contribution in [0.15, 0.2) is 53.2 Å². The number of rotatable bonds is 6. The predicted molar refractivity (Wildman–Crippen MR) is 94.2 cm³/mol. The van der Waals surface area contributed by atoms with E-state index in [0.717, 1.165) is 5.56 Å². The summed E-state index contributed by atoms with van der Waals surface area (Å²) < 4.78 is 5.27. The molecule has 2 aromatic heterocycles. The molecule has 0 aliphatic carbocycles. The van der Waals surface area contributed by atoms with Crippen LogP contribution in [0.1, 0.15) is 16.2 Å². The van der Waals surface area contributed by atoms with Gasteiger partial charge in [0, 0.05) is 38.8 Å². The zero-order valence-electron chi connectivity index (χ0n) is 14.1. The summed E-state index contributed by atoms with van der Waals surface area (Å²) in [7, 11) is 3.42. The van der Waals surface area contributed by atoms with E-state index in [0.29, 0.717) is 36.1 Å². The third-order valence-electron chi connectivity index (χ3n) is 3.56. The minimum atomic E-state index is -0.0701. The summed E-state index contributed by atoms with van der Waals surface area (Å²) >= 11 is 0. The minimum absolute atomic E-state index is 0.0701. The van der Waals surface area contributed by atoms with Gasteiger partial charge in [0.1, 0.15) is 5.82 Å². The molecular weight excluding hydrogens is 318 g/mol. The molecule has 0 aliphatic rings. The molecule has 7 heteroatoms. The second-order valence-electron chi connectivity index (χ2n) is 5.69. The molecule has 3 aromatic rings. The van der Waals surface area contributed by atoms with Crippen molar-refractivity contribution in [2.45, 2.75) is 6.42 Å². The zero-order valence-corrected chi connectivity index (χ0v) is 14.1. The molecule has 0 bridgehead atoms. The van der Waals surface area contributed by atoms with Crippen molar-refractivity contribution in [2.24, 2.45) is 0 Å². The number of hydrogen-bond donors (Lipinski definition) is 1. The average molecular weight is 337 g/mol. The van der Waals surface area contributed by atoms with Crippen LogP contribution in [0.25, 0.3) is 11.5 Å². The molecule has 0 saturated heterocycles. The van der Waals surface area contributed by atoms with E-state index in [2.05, 4.69) is 20.4 Å². The number of anilines is 1. The molecule has 0 atom stereocenters. The van der Waals surface area contributed by atoms with Gasteiger partial charge in [-0.05, 0) is 24.3 Å². The summed E-state index contributed by atoms with van der Waals surface area (Å²) in [5.74, 6) is 1.77. The smallest absolute Gasteiger partial charge is 0.257 e. The van der Waals surface area contributed by atoms with Gasteiger partial charge in [-0.2, -0.15) is 4.98 Å². The lowest BCUT2D eigenvalue weighted by molar-refractivity contribution is 0.0827. The molecule has 1 amide bonds. The Morgan fingerprint density at radius 2 is 1.96 bits per heavy atom. The van der Waals surface area contributed by atoms with E-state index in [9.17, 15) is 4.79 Å². The number of amides is 1. The van der Waals surface area contributed by atoms with Crippen LogP contribution in [0.3, 0.4) is 0 Å². The Morgan fingerprint density at radius 1 is 1.16 bits per heavy atom. The Morgan fingerprint density at radius 3 is 2.64 bits per heavy atom. The van der Waals surface area contributed by atoms with Crippen LogP contribution in [0.5, 0.6) is 0 Å². The fraction of sp³-hybridized carbons (Fsp3) is 0.222. The molecule has 2 heterocycles. The lowest BCUT2D eigenvalue weighted by Crippen LogP contribution is -2.21. The molecule has 0 fully saturated rings. The number of hydrogen-bond acceptors (Lipinski definition) is 6. The topological polar surface area (TPSA) is 84.2 Å². The quantitative estimate of drug-likeness (QED) is 0.744. The number of pyridine rings is 1. The van der Waals surface area contributed by atoms with Crippen molar-refractivity contribution in [3.63, 3.8) is 0 Å². The van der Waals surface area contributed by atoms with Crippen LogP contribution in [0, 0.1) is 0 Å². The molecule has 25 heavy (non-hydrogen) atoms. The van der Waals surface area contributed by atoms with E-state index >= 15 is 0 Å². The normalized spacial score (nSPS) is 10.5. The van der Waals surface area contributed by atoms with E-state index in [-0.39, 0.29) is 5.91 Å². The Bertz CT molecular complexity index is 828. The highest BCUT2D eigenvalue weighted by Crippen LogP contribution is 2.16. The van der Waals surface area contributed by atoms with Crippen LogP contribution in [0.4, 0.5) is 5.82 Å². The van der Waals surface area contributed by atoms with Gasteiger partial charge in [0.15, 0.2) is 5.82 Å². The minimum Gasteiger partial charge on any atom is -0.370 e. The molecule has 1 N–H and O–H groups in total. The molecule has 0 spiro atoms. The molecule has 3 rings (SSSR count). The molecule has 0 aliphatic heterocycles. The van der Waals surface area contributed by atoms with Crippen LogP contribution in [-0.2, 0) is 6.42 Å². The summed E-state index contributed by atoms with van der Waals surface area (Å²) in [6.07, 6.45) is 2.17. The maximum atomic E-state index is 11.8. The SMILES string of the molecule is CN(C)C(=O)c1ccc(NCCc2noc(-c3ccccc3)n2)nc1. The molecular formula is C18H19N5O2. The average Bonchev–Trinajstić information content (AvgIpc) is 3.11. The fourth-order valence-corrected chi connectivity index (χ4v) is 2.24. The van der Waals surface area contributed by atoms with Crippen molar-refractivity contribution in [2.75, 3.05) is 26.0 Å². The van der Waals surface area contributed by atoms with Crippen LogP contribution in [0.2, 0.25) is 0 Å². The molecule has 128 valence electrons. The van der Waals surface area contributed by atoms with Gasteiger partial charge in [-0.15, -0.1) is 0 Å². The number of carbonyl (C=O) groups is 1. The summed E-state index contributed by atoms with van der Waals surface area (Å²) in [5.41, 5.74) is 1.46. The molecule has 0 unspecified atom stereocenters. The van der Waals surface area contributed by atoms with E-state index in [1.807, 2.05) is 30.3 Å². The lowest BCUT2D eigenvalue weighted by atomic mass is 10.2. The highest BCUT2D eigenvalue weighted by Gasteiger charge is 2.09. The van der Waals surface area contributed by atoms with E-state index in [1.165, 1.54) is 4.90 Å². The molecule has 7 nitrogen and oxygen atoms in total. The van der Waals surface area contributed by atoms with Crippen molar-refractivity contribution >= 4 is 11.7 Å². The predicted octanol–water partition coefficient (Wildman–Crippen LogP) is 2.49. The monoisotopic (exact) mass is 337 g/mol. The van der Waals surface area contributed by atoms with Crippen LogP contribution < -0.4 is 5.32 Å². The van der Waals surface area contributed by atoms with E-state index in [1.54, 1.807) is 32.4 Å². The van der Waals surface area contributed by atoms with Gasteiger partial charge in [0.25, 0.3) is 11.8 Å². The first-order valence-corrected chi connectivity index (χ1v) is 7.93. The maximum Gasteiger partial charge on any atom is 0.257 e. The van der Waals surface area contributed by atoms with E-state index < -0.39 is 0 Å². The van der Waals surface area contributed by atoms with Crippen LogP contribution in [-0.4, -0.2) is 46.6 Å². The Balaban J connectivity index is 1.53. The fourth-order valence-electron chi connectivity index (χ4n) is 2.24. The van der Waals surface area contributed by atoms with Gasteiger partial charge in [0.2, 0.25) is 0 Å². The number of nitrogens with one attached hydrogen (secondary N) is 1. The Hall–Kier alpha value is -3.22. The highest BCUT2D eigenvalue weighted by molar-refractivity contribution is 5.93. The van der Waals surface area contributed by atoms with Gasteiger partial charge >= 0.3 is 0 Å². The van der Waals surface area contributed by atoms with Crippen molar-refractivity contribution in [3.05, 3.63) is 60.0 Å². The number of benzene rings is 1. The van der Waals surface area contributed by atoms with Crippen molar-refractivity contribution in [1.82, 2.24) is 20.0 Å². The second kappa shape index (κ2) is 7.57. The summed E-state index contributed by atoms with van der Waals surface area (Å²) in [4.78, 5) is 22.0. The maximum absolute atomic E-state index is 11.8. The van der Waals surface area contributed by atoms with Gasteiger partial charge in [-0.1, -0.05) is 23.4 Å². The van der Waals surface area contributed by atoms with Crippen molar-refractivity contribution < 1.29 is 9.32 Å². The van der Waals surface area contributed by atoms with Crippen molar-refractivity contribution in [3.8, 4) is 11.5 Å². The van der Waals surface area contributed by atoms with E-state index in [4.69, 9.17) is 4.52 Å². The molecule has 1 aromatic carbocycles. The second-order valence-corrected chi connectivity index (χ2v) is 5.69. The van der Waals surface area contributed by atoms with Gasteiger partial charge in [-0.25, -0.2) is 4.98 Å². The number of carbonyl (C=O) groups excluding carboxylic acids is 1. The largest absolute Gasteiger partial charge is 0.370 e.